The number of amides is 2. The summed E-state index contributed by atoms with van der Waals surface area (Å²) in [6.45, 7) is 2.26. The summed E-state index contributed by atoms with van der Waals surface area (Å²) in [5, 5.41) is 15.6. The van der Waals surface area contributed by atoms with Crippen LogP contribution in [0.2, 0.25) is 5.02 Å². The fourth-order valence-electron chi connectivity index (χ4n) is 3.13. The van der Waals surface area contributed by atoms with E-state index in [2.05, 4.69) is 33.2 Å². The highest BCUT2D eigenvalue weighted by Gasteiger charge is 2.16. The zero-order chi connectivity index (χ0) is 25.9. The fourth-order valence-corrected chi connectivity index (χ4v) is 4.04. The van der Waals surface area contributed by atoms with Gasteiger partial charge in [0.25, 0.3) is 11.8 Å². The second-order valence-electron chi connectivity index (χ2n) is 7.44. The number of benzene rings is 3. The lowest BCUT2D eigenvalue weighted by atomic mass is 10.1. The van der Waals surface area contributed by atoms with Gasteiger partial charge in [-0.25, -0.2) is 0 Å². The Morgan fingerprint density at radius 3 is 2.47 bits per heavy atom. The van der Waals surface area contributed by atoms with E-state index in [-0.39, 0.29) is 18.1 Å². The minimum atomic E-state index is -0.478. The van der Waals surface area contributed by atoms with Crippen molar-refractivity contribution in [1.82, 2.24) is 5.32 Å². The number of anilines is 1. The topological polar surface area (TPSA) is 100 Å². The Labute approximate surface area is 228 Å². The van der Waals surface area contributed by atoms with Gasteiger partial charge in [-0.15, -0.1) is 0 Å². The summed E-state index contributed by atoms with van der Waals surface area (Å²) in [6.07, 6.45) is 1.49. The van der Waals surface area contributed by atoms with E-state index in [1.807, 2.05) is 43.3 Å². The van der Waals surface area contributed by atoms with E-state index in [9.17, 15) is 14.9 Å². The Hall–Kier alpha value is -3.55. The van der Waals surface area contributed by atoms with Crippen LogP contribution in [0.15, 0.2) is 72.3 Å². The number of nitriles is 1. The van der Waals surface area contributed by atoms with Crippen LogP contribution < -0.4 is 20.1 Å². The van der Waals surface area contributed by atoms with Crippen LogP contribution >= 0.6 is 34.2 Å². The van der Waals surface area contributed by atoms with Crippen LogP contribution in [-0.2, 0) is 16.1 Å². The normalized spacial score (nSPS) is 10.8. The number of halogens is 2. The highest BCUT2D eigenvalue weighted by atomic mass is 127. The Bertz CT molecular complexity index is 1290. The molecule has 0 atom stereocenters. The Morgan fingerprint density at radius 2 is 1.81 bits per heavy atom. The van der Waals surface area contributed by atoms with E-state index in [0.29, 0.717) is 44.5 Å². The second-order valence-corrected chi connectivity index (χ2v) is 9.04. The average Bonchev–Trinajstić information content (AvgIpc) is 2.87. The summed E-state index contributed by atoms with van der Waals surface area (Å²) in [6, 6.07) is 21.5. The van der Waals surface area contributed by atoms with E-state index in [0.717, 1.165) is 5.56 Å². The van der Waals surface area contributed by atoms with Crippen LogP contribution in [0.3, 0.4) is 0 Å². The predicted octanol–water partition coefficient (Wildman–Crippen LogP) is 5.58. The Balaban J connectivity index is 1.72. The fraction of sp³-hybridized carbons (Fsp3) is 0.148. The van der Waals surface area contributed by atoms with Gasteiger partial charge in [-0.3, -0.25) is 9.59 Å². The molecule has 0 aliphatic carbocycles. The van der Waals surface area contributed by atoms with Gasteiger partial charge in [0.05, 0.1) is 10.2 Å². The maximum Gasteiger partial charge on any atom is 0.262 e. The zero-order valence-corrected chi connectivity index (χ0v) is 22.3. The van der Waals surface area contributed by atoms with Crippen molar-refractivity contribution in [2.24, 2.45) is 0 Å². The number of rotatable bonds is 10. The molecule has 0 heterocycles. The molecule has 0 aliphatic rings. The molecule has 3 rings (SSSR count). The van der Waals surface area contributed by atoms with Crippen LogP contribution in [0.25, 0.3) is 6.08 Å². The van der Waals surface area contributed by atoms with Crippen molar-refractivity contribution < 1.29 is 19.1 Å². The molecular formula is C27H23ClIN3O4. The molecule has 0 saturated heterocycles. The third kappa shape index (κ3) is 8.00. The molecule has 2 N–H and O–H groups in total. The molecule has 0 unspecified atom stereocenters. The highest BCUT2D eigenvalue weighted by Crippen LogP contribution is 2.35. The van der Waals surface area contributed by atoms with Crippen molar-refractivity contribution in [3.63, 3.8) is 0 Å². The summed E-state index contributed by atoms with van der Waals surface area (Å²) in [5.74, 6) is -0.0280. The molecule has 3 aromatic rings. The van der Waals surface area contributed by atoms with Gasteiger partial charge in [0.15, 0.2) is 18.1 Å². The standard InChI is InChI=1S/C27H23ClIN3O4/c1-2-35-24-14-19(12-20(15-30)27(34)31-16-18-6-4-3-5-7-18)13-23(29)26(24)36-17-25(33)32-22-10-8-21(28)9-11-22/h3-14H,2,16-17H2,1H3,(H,31,34)(H,32,33)/b20-12+. The highest BCUT2D eigenvalue weighted by molar-refractivity contribution is 14.1. The maximum absolute atomic E-state index is 12.5. The first-order valence-electron chi connectivity index (χ1n) is 11.0. The molecule has 3 aromatic carbocycles. The third-order valence-electron chi connectivity index (χ3n) is 4.78. The first-order valence-corrected chi connectivity index (χ1v) is 12.4. The number of nitrogens with zero attached hydrogens (tertiary/aromatic N) is 1. The van der Waals surface area contributed by atoms with E-state index in [1.165, 1.54) is 6.08 Å². The predicted molar refractivity (Wildman–Crippen MR) is 148 cm³/mol. The van der Waals surface area contributed by atoms with Gasteiger partial charge in [0.2, 0.25) is 0 Å². The van der Waals surface area contributed by atoms with Crippen molar-refractivity contribution >= 4 is 57.8 Å². The summed E-state index contributed by atoms with van der Waals surface area (Å²) in [7, 11) is 0. The van der Waals surface area contributed by atoms with Crippen LogP contribution in [0.1, 0.15) is 18.1 Å². The van der Waals surface area contributed by atoms with Gasteiger partial charge in [-0.1, -0.05) is 41.9 Å². The van der Waals surface area contributed by atoms with Gasteiger partial charge in [-0.05, 0) is 83.1 Å². The van der Waals surface area contributed by atoms with Gasteiger partial charge < -0.3 is 20.1 Å². The van der Waals surface area contributed by atoms with Crippen molar-refractivity contribution in [2.75, 3.05) is 18.5 Å². The molecule has 0 aliphatic heterocycles. The van der Waals surface area contributed by atoms with Crippen LogP contribution in [0.5, 0.6) is 11.5 Å². The summed E-state index contributed by atoms with van der Waals surface area (Å²) < 4.78 is 12.1. The Kier molecular flexibility index (Phi) is 10.2. The van der Waals surface area contributed by atoms with E-state index >= 15 is 0 Å². The van der Waals surface area contributed by atoms with Crippen LogP contribution in [0.4, 0.5) is 5.69 Å². The third-order valence-corrected chi connectivity index (χ3v) is 5.83. The van der Waals surface area contributed by atoms with Crippen molar-refractivity contribution in [3.05, 3.63) is 92.0 Å². The van der Waals surface area contributed by atoms with Crippen molar-refractivity contribution in [1.29, 1.82) is 5.26 Å². The molecule has 0 radical (unpaired) electrons. The lowest BCUT2D eigenvalue weighted by molar-refractivity contribution is -0.118. The average molecular weight is 616 g/mol. The van der Waals surface area contributed by atoms with Gasteiger partial charge >= 0.3 is 0 Å². The number of hydrogen-bond acceptors (Lipinski definition) is 5. The monoisotopic (exact) mass is 615 g/mol. The lowest BCUT2D eigenvalue weighted by Crippen LogP contribution is -2.23. The number of nitrogens with one attached hydrogen (secondary N) is 2. The number of carbonyl (C=O) groups is 2. The van der Waals surface area contributed by atoms with Gasteiger partial charge in [0.1, 0.15) is 11.6 Å². The number of carbonyl (C=O) groups excluding carboxylic acids is 2. The number of hydrogen-bond donors (Lipinski definition) is 2. The molecule has 36 heavy (non-hydrogen) atoms. The Morgan fingerprint density at radius 1 is 1.08 bits per heavy atom. The zero-order valence-electron chi connectivity index (χ0n) is 19.4. The van der Waals surface area contributed by atoms with Crippen LogP contribution in [-0.4, -0.2) is 25.0 Å². The smallest absolute Gasteiger partial charge is 0.262 e. The molecule has 0 aromatic heterocycles. The van der Waals surface area contributed by atoms with E-state index < -0.39 is 5.91 Å². The summed E-state index contributed by atoms with van der Waals surface area (Å²) in [5.41, 5.74) is 2.08. The summed E-state index contributed by atoms with van der Waals surface area (Å²) >= 11 is 7.93. The number of ether oxygens (including phenoxy) is 2. The molecule has 0 saturated carbocycles. The molecule has 2 amide bonds. The molecule has 184 valence electrons. The molecule has 0 spiro atoms. The quantitative estimate of drug-likeness (QED) is 0.176. The van der Waals surface area contributed by atoms with E-state index in [1.54, 1.807) is 36.4 Å². The maximum atomic E-state index is 12.5. The largest absolute Gasteiger partial charge is 0.490 e. The van der Waals surface area contributed by atoms with Gasteiger partial charge in [0, 0.05) is 17.3 Å². The van der Waals surface area contributed by atoms with E-state index in [4.69, 9.17) is 21.1 Å². The first kappa shape index (κ1) is 27.0. The van der Waals surface area contributed by atoms with Crippen molar-refractivity contribution in [2.45, 2.75) is 13.5 Å². The van der Waals surface area contributed by atoms with Crippen LogP contribution in [0, 0.1) is 14.9 Å². The molecular weight excluding hydrogens is 593 g/mol. The molecule has 0 fully saturated rings. The summed E-state index contributed by atoms with van der Waals surface area (Å²) in [4.78, 5) is 24.9. The molecule has 9 heteroatoms. The van der Waals surface area contributed by atoms with Gasteiger partial charge in [-0.2, -0.15) is 5.26 Å². The minimum absolute atomic E-state index is 0.0415. The molecule has 0 bridgehead atoms. The van der Waals surface area contributed by atoms with Crippen molar-refractivity contribution in [3.8, 4) is 17.6 Å². The lowest BCUT2D eigenvalue weighted by Gasteiger charge is -2.15. The second kappa shape index (κ2) is 13.5. The first-order chi connectivity index (χ1) is 17.4. The molecule has 7 nitrogen and oxygen atoms in total. The SMILES string of the molecule is CCOc1cc(/C=C(\C#N)C(=O)NCc2ccccc2)cc(I)c1OCC(=O)Nc1ccc(Cl)cc1. The minimum Gasteiger partial charge on any atom is -0.490 e.